The molecule has 0 atom stereocenters. The van der Waals surface area contributed by atoms with Crippen molar-refractivity contribution in [3.05, 3.63) is 48.0 Å². The van der Waals surface area contributed by atoms with E-state index in [4.69, 9.17) is 9.15 Å². The number of furan rings is 1. The second-order valence-electron chi connectivity index (χ2n) is 7.26. The van der Waals surface area contributed by atoms with Gasteiger partial charge in [0.15, 0.2) is 5.96 Å². The van der Waals surface area contributed by atoms with Crippen LogP contribution in [-0.2, 0) is 17.9 Å². The zero-order valence-electron chi connectivity index (χ0n) is 17.4. The maximum absolute atomic E-state index is 5.59. The topological polar surface area (TPSA) is 74.9 Å². The Balaban J connectivity index is 1.32. The molecule has 158 valence electrons. The van der Waals surface area contributed by atoms with Crippen molar-refractivity contribution in [3.8, 4) is 0 Å². The summed E-state index contributed by atoms with van der Waals surface area (Å²) in [6.45, 7) is 4.91. The molecule has 0 amide bonds. The number of rotatable bonds is 9. The number of hydrogen-bond acceptors (Lipinski definition) is 5. The standard InChI is InChI=1S/C22H33N5O2/c1-23-22(24-11-7-14-28-18-20-8-6-15-29-20)26-17-19-9-10-21(25-16-19)27-12-4-2-3-5-13-27/h6,8-10,15-16H,2-5,7,11-14,17-18H2,1H3,(H2,23,24,26). The second-order valence-corrected chi connectivity index (χ2v) is 7.26. The highest BCUT2D eigenvalue weighted by molar-refractivity contribution is 5.79. The van der Waals surface area contributed by atoms with Gasteiger partial charge in [0.05, 0.1) is 6.26 Å². The molecule has 1 aliphatic rings. The van der Waals surface area contributed by atoms with Gasteiger partial charge in [-0.25, -0.2) is 4.98 Å². The van der Waals surface area contributed by atoms with Gasteiger partial charge in [0.25, 0.3) is 0 Å². The van der Waals surface area contributed by atoms with Crippen LogP contribution >= 0.6 is 0 Å². The van der Waals surface area contributed by atoms with Gasteiger partial charge >= 0.3 is 0 Å². The van der Waals surface area contributed by atoms with Crippen molar-refractivity contribution in [2.45, 2.75) is 45.3 Å². The van der Waals surface area contributed by atoms with Crippen LogP contribution in [0.15, 0.2) is 46.1 Å². The van der Waals surface area contributed by atoms with Crippen LogP contribution < -0.4 is 15.5 Å². The average molecular weight is 400 g/mol. The van der Waals surface area contributed by atoms with Gasteiger partial charge in [0.1, 0.15) is 18.2 Å². The largest absolute Gasteiger partial charge is 0.467 e. The summed E-state index contributed by atoms with van der Waals surface area (Å²) in [4.78, 5) is 11.3. The summed E-state index contributed by atoms with van der Waals surface area (Å²) in [6, 6.07) is 8.07. The Kier molecular flexibility index (Phi) is 8.85. The highest BCUT2D eigenvalue weighted by atomic mass is 16.5. The molecule has 7 nitrogen and oxygen atoms in total. The first-order valence-corrected chi connectivity index (χ1v) is 10.6. The van der Waals surface area contributed by atoms with E-state index in [1.165, 1.54) is 25.7 Å². The van der Waals surface area contributed by atoms with E-state index in [9.17, 15) is 0 Å². The van der Waals surface area contributed by atoms with E-state index in [2.05, 4.69) is 37.6 Å². The molecule has 0 unspecified atom stereocenters. The molecule has 0 bridgehead atoms. The lowest BCUT2D eigenvalue weighted by atomic mass is 10.2. The van der Waals surface area contributed by atoms with E-state index in [1.54, 1.807) is 13.3 Å². The van der Waals surface area contributed by atoms with E-state index in [-0.39, 0.29) is 0 Å². The zero-order chi connectivity index (χ0) is 20.2. The van der Waals surface area contributed by atoms with Gasteiger partial charge in [-0.1, -0.05) is 18.9 Å². The molecule has 2 N–H and O–H groups in total. The van der Waals surface area contributed by atoms with Gasteiger partial charge in [-0.15, -0.1) is 0 Å². The molecular weight excluding hydrogens is 366 g/mol. The minimum absolute atomic E-state index is 0.514. The molecule has 3 rings (SSSR count). The smallest absolute Gasteiger partial charge is 0.191 e. The first kappa shape index (κ1) is 21.2. The van der Waals surface area contributed by atoms with Crippen LogP contribution in [0.1, 0.15) is 43.4 Å². The fraction of sp³-hybridized carbons (Fsp3) is 0.545. The molecule has 0 saturated carbocycles. The first-order chi connectivity index (χ1) is 14.3. The Morgan fingerprint density at radius 1 is 1.17 bits per heavy atom. The lowest BCUT2D eigenvalue weighted by Crippen LogP contribution is -2.37. The van der Waals surface area contributed by atoms with Crippen molar-refractivity contribution in [2.75, 3.05) is 38.2 Å². The Hall–Kier alpha value is -2.54. The van der Waals surface area contributed by atoms with E-state index in [1.807, 2.05) is 18.3 Å². The molecule has 29 heavy (non-hydrogen) atoms. The molecule has 0 aromatic carbocycles. The summed E-state index contributed by atoms with van der Waals surface area (Å²) in [5.41, 5.74) is 1.15. The lowest BCUT2D eigenvalue weighted by molar-refractivity contribution is 0.105. The fourth-order valence-electron chi connectivity index (χ4n) is 3.36. The van der Waals surface area contributed by atoms with Crippen LogP contribution in [-0.4, -0.2) is 44.2 Å². The predicted molar refractivity (Wildman–Crippen MR) is 116 cm³/mol. The van der Waals surface area contributed by atoms with Crippen LogP contribution in [0.4, 0.5) is 5.82 Å². The van der Waals surface area contributed by atoms with E-state index >= 15 is 0 Å². The molecule has 0 spiro atoms. The van der Waals surface area contributed by atoms with Gasteiger partial charge in [-0.3, -0.25) is 4.99 Å². The number of ether oxygens (including phenoxy) is 1. The van der Waals surface area contributed by atoms with Crippen molar-refractivity contribution in [1.82, 2.24) is 15.6 Å². The van der Waals surface area contributed by atoms with Gasteiger partial charge < -0.3 is 24.7 Å². The van der Waals surface area contributed by atoms with Crippen LogP contribution in [0.2, 0.25) is 0 Å². The van der Waals surface area contributed by atoms with Crippen molar-refractivity contribution >= 4 is 11.8 Å². The summed E-state index contributed by atoms with van der Waals surface area (Å²) in [5, 5.41) is 6.65. The Morgan fingerprint density at radius 3 is 2.72 bits per heavy atom. The number of aromatic nitrogens is 1. The zero-order valence-corrected chi connectivity index (χ0v) is 17.4. The van der Waals surface area contributed by atoms with Gasteiger partial charge in [0, 0.05) is 46.0 Å². The van der Waals surface area contributed by atoms with Crippen LogP contribution in [0.25, 0.3) is 0 Å². The monoisotopic (exact) mass is 399 g/mol. The number of aliphatic imine (C=N–C) groups is 1. The van der Waals surface area contributed by atoms with Gasteiger partial charge in [-0.2, -0.15) is 0 Å². The number of guanidine groups is 1. The quantitative estimate of drug-likeness (QED) is 0.383. The Labute approximate surface area is 173 Å². The lowest BCUT2D eigenvalue weighted by Gasteiger charge is -2.21. The van der Waals surface area contributed by atoms with Crippen LogP contribution in [0.5, 0.6) is 0 Å². The number of nitrogens with one attached hydrogen (secondary N) is 2. The molecule has 2 aromatic rings. The first-order valence-electron chi connectivity index (χ1n) is 10.6. The molecule has 0 radical (unpaired) electrons. The van der Waals surface area contributed by atoms with Crippen molar-refractivity contribution < 1.29 is 9.15 Å². The summed E-state index contributed by atoms with van der Waals surface area (Å²) < 4.78 is 10.8. The maximum atomic E-state index is 5.59. The third-order valence-electron chi connectivity index (χ3n) is 5.01. The van der Waals surface area contributed by atoms with Crippen molar-refractivity contribution in [3.63, 3.8) is 0 Å². The molecule has 3 heterocycles. The third kappa shape index (κ3) is 7.42. The number of nitrogens with zero attached hydrogens (tertiary/aromatic N) is 3. The number of anilines is 1. The van der Waals surface area contributed by atoms with Crippen LogP contribution in [0, 0.1) is 0 Å². The SMILES string of the molecule is CN=C(NCCCOCc1ccco1)NCc1ccc(N2CCCCCC2)nc1. The minimum Gasteiger partial charge on any atom is -0.467 e. The van der Waals surface area contributed by atoms with Gasteiger partial charge in [-0.05, 0) is 43.0 Å². The molecular formula is C22H33N5O2. The Morgan fingerprint density at radius 2 is 2.03 bits per heavy atom. The fourth-order valence-corrected chi connectivity index (χ4v) is 3.36. The van der Waals surface area contributed by atoms with E-state index < -0.39 is 0 Å². The molecule has 0 aliphatic carbocycles. The third-order valence-corrected chi connectivity index (χ3v) is 5.01. The summed E-state index contributed by atoms with van der Waals surface area (Å²) >= 11 is 0. The van der Waals surface area contributed by atoms with E-state index in [0.29, 0.717) is 19.8 Å². The number of hydrogen-bond donors (Lipinski definition) is 2. The molecule has 1 aliphatic heterocycles. The minimum atomic E-state index is 0.514. The summed E-state index contributed by atoms with van der Waals surface area (Å²) in [6.07, 6.45) is 9.72. The molecule has 1 fully saturated rings. The normalized spacial score (nSPS) is 15.2. The van der Waals surface area contributed by atoms with Crippen molar-refractivity contribution in [2.24, 2.45) is 4.99 Å². The molecule has 1 saturated heterocycles. The maximum Gasteiger partial charge on any atom is 0.191 e. The van der Waals surface area contributed by atoms with E-state index in [0.717, 1.165) is 49.2 Å². The summed E-state index contributed by atoms with van der Waals surface area (Å²) in [5.74, 6) is 2.73. The van der Waals surface area contributed by atoms with Gasteiger partial charge in [0.2, 0.25) is 0 Å². The summed E-state index contributed by atoms with van der Waals surface area (Å²) in [7, 11) is 1.78. The molecule has 2 aromatic heterocycles. The predicted octanol–water partition coefficient (Wildman–Crippen LogP) is 3.33. The second kappa shape index (κ2) is 12.1. The average Bonchev–Trinajstić information content (AvgIpc) is 3.13. The van der Waals surface area contributed by atoms with Crippen LogP contribution in [0.3, 0.4) is 0 Å². The highest BCUT2D eigenvalue weighted by Crippen LogP contribution is 2.17. The molecule has 7 heteroatoms. The van der Waals surface area contributed by atoms with Crippen molar-refractivity contribution in [1.29, 1.82) is 0 Å². The Bertz CT molecular complexity index is 707. The number of pyridine rings is 1. The highest BCUT2D eigenvalue weighted by Gasteiger charge is 2.10.